The number of hydrogen-bond donors (Lipinski definition) is 2. The van der Waals surface area contributed by atoms with Gasteiger partial charge in [-0.2, -0.15) is 0 Å². The van der Waals surface area contributed by atoms with Crippen molar-refractivity contribution in [3.8, 4) is 0 Å². The molecule has 1 aliphatic rings. The van der Waals surface area contributed by atoms with Crippen molar-refractivity contribution in [3.05, 3.63) is 34.9 Å². The number of rotatable bonds is 5. The highest BCUT2D eigenvalue weighted by molar-refractivity contribution is 5.90. The largest absolute Gasteiger partial charge is 0.478 e. The van der Waals surface area contributed by atoms with Crippen LogP contribution in [0.1, 0.15) is 34.8 Å². The second kappa shape index (κ2) is 6.52. The molecule has 108 valence electrons. The number of nitrogens with one attached hydrogen (secondary N) is 1. The minimum Gasteiger partial charge on any atom is -0.478 e. The van der Waals surface area contributed by atoms with Crippen molar-refractivity contribution < 1.29 is 14.7 Å². The first-order valence-electron chi connectivity index (χ1n) is 6.96. The summed E-state index contributed by atoms with van der Waals surface area (Å²) in [5, 5.41) is 12.3. The van der Waals surface area contributed by atoms with Gasteiger partial charge in [-0.3, -0.25) is 4.79 Å². The first-order valence-corrected chi connectivity index (χ1v) is 6.96. The van der Waals surface area contributed by atoms with E-state index in [1.165, 1.54) is 0 Å². The van der Waals surface area contributed by atoms with Crippen LogP contribution < -0.4 is 5.32 Å². The van der Waals surface area contributed by atoms with Gasteiger partial charge in [0.1, 0.15) is 0 Å². The Hall–Kier alpha value is -1.88. The maximum absolute atomic E-state index is 12.0. The van der Waals surface area contributed by atoms with Gasteiger partial charge in [0.05, 0.1) is 12.1 Å². The Bertz CT molecular complexity index is 514. The summed E-state index contributed by atoms with van der Waals surface area (Å²) in [5.74, 6) is -0.823. The average molecular weight is 276 g/mol. The lowest BCUT2D eigenvalue weighted by molar-refractivity contribution is -0.131. The summed E-state index contributed by atoms with van der Waals surface area (Å²) < 4.78 is 0. The predicted molar refractivity (Wildman–Crippen MR) is 75.7 cm³/mol. The molecule has 0 aromatic heterocycles. The van der Waals surface area contributed by atoms with E-state index in [-0.39, 0.29) is 5.91 Å². The number of amides is 1. The number of hydrogen-bond acceptors (Lipinski definition) is 3. The lowest BCUT2D eigenvalue weighted by atomic mass is 9.94. The first-order chi connectivity index (χ1) is 9.63. The lowest BCUT2D eigenvalue weighted by Crippen LogP contribution is -2.41. The Morgan fingerprint density at radius 1 is 1.40 bits per heavy atom. The van der Waals surface area contributed by atoms with E-state index in [2.05, 4.69) is 12.2 Å². The van der Waals surface area contributed by atoms with Crippen LogP contribution in [0, 0.1) is 0 Å². The van der Waals surface area contributed by atoms with Gasteiger partial charge in [0.25, 0.3) is 0 Å². The second-order valence-corrected chi connectivity index (χ2v) is 4.99. The molecule has 0 atom stereocenters. The van der Waals surface area contributed by atoms with E-state index in [4.69, 9.17) is 5.11 Å². The average Bonchev–Trinajstić information content (AvgIpc) is 2.46. The summed E-state index contributed by atoms with van der Waals surface area (Å²) in [7, 11) is 0. The van der Waals surface area contributed by atoms with Gasteiger partial charge < -0.3 is 15.3 Å². The SMILES string of the molecule is CCCNCC(=O)N1CCc2c(cccc2C(=O)O)C1. The third kappa shape index (κ3) is 3.17. The van der Waals surface area contributed by atoms with Gasteiger partial charge in [0.2, 0.25) is 5.91 Å². The molecule has 5 heteroatoms. The number of carboxylic acids is 1. The molecular formula is C15H20N2O3. The fourth-order valence-corrected chi connectivity index (χ4v) is 2.51. The molecular weight excluding hydrogens is 256 g/mol. The summed E-state index contributed by atoms with van der Waals surface area (Å²) in [6.07, 6.45) is 1.61. The third-order valence-corrected chi connectivity index (χ3v) is 3.55. The molecule has 1 amide bonds. The molecule has 0 radical (unpaired) electrons. The van der Waals surface area contributed by atoms with E-state index in [9.17, 15) is 9.59 Å². The smallest absolute Gasteiger partial charge is 0.335 e. The number of benzene rings is 1. The molecule has 0 fully saturated rings. The third-order valence-electron chi connectivity index (χ3n) is 3.55. The summed E-state index contributed by atoms with van der Waals surface area (Å²) in [5.41, 5.74) is 2.17. The molecule has 0 saturated heterocycles. The highest BCUT2D eigenvalue weighted by Gasteiger charge is 2.23. The van der Waals surface area contributed by atoms with E-state index in [1.807, 2.05) is 6.07 Å². The second-order valence-electron chi connectivity index (χ2n) is 4.99. The predicted octanol–water partition coefficient (Wildman–Crippen LogP) is 1.27. The molecule has 1 heterocycles. The molecule has 0 spiro atoms. The van der Waals surface area contributed by atoms with E-state index >= 15 is 0 Å². The molecule has 2 N–H and O–H groups in total. The Kier molecular flexibility index (Phi) is 4.74. The Morgan fingerprint density at radius 3 is 2.90 bits per heavy atom. The molecule has 1 aromatic rings. The number of carbonyl (C=O) groups excluding carboxylic acids is 1. The Labute approximate surface area is 118 Å². The van der Waals surface area contributed by atoms with Gasteiger partial charge in [-0.1, -0.05) is 19.1 Å². The summed E-state index contributed by atoms with van der Waals surface area (Å²) >= 11 is 0. The number of fused-ring (bicyclic) bond motifs is 1. The quantitative estimate of drug-likeness (QED) is 0.795. The summed E-state index contributed by atoms with van der Waals surface area (Å²) in [4.78, 5) is 25.0. The fraction of sp³-hybridized carbons (Fsp3) is 0.467. The van der Waals surface area contributed by atoms with Crippen molar-refractivity contribution >= 4 is 11.9 Å². The van der Waals surface area contributed by atoms with Crippen molar-refractivity contribution in [2.24, 2.45) is 0 Å². The summed E-state index contributed by atoms with van der Waals surface area (Å²) in [6.45, 7) is 4.33. The molecule has 20 heavy (non-hydrogen) atoms. The molecule has 5 nitrogen and oxygen atoms in total. The Morgan fingerprint density at radius 2 is 2.20 bits per heavy atom. The van der Waals surface area contributed by atoms with Crippen LogP contribution in [-0.4, -0.2) is 41.5 Å². The maximum Gasteiger partial charge on any atom is 0.335 e. The van der Waals surface area contributed by atoms with Crippen LogP contribution in [0.4, 0.5) is 0 Å². The van der Waals surface area contributed by atoms with Crippen molar-refractivity contribution in [1.29, 1.82) is 0 Å². The maximum atomic E-state index is 12.0. The zero-order valence-corrected chi connectivity index (χ0v) is 11.7. The molecule has 0 unspecified atom stereocenters. The van der Waals surface area contributed by atoms with Crippen LogP contribution in [0.25, 0.3) is 0 Å². The van der Waals surface area contributed by atoms with Crippen molar-refractivity contribution in [3.63, 3.8) is 0 Å². The van der Waals surface area contributed by atoms with Crippen molar-refractivity contribution in [1.82, 2.24) is 10.2 Å². The molecule has 0 saturated carbocycles. The van der Waals surface area contributed by atoms with Crippen LogP contribution in [0.3, 0.4) is 0 Å². The zero-order chi connectivity index (χ0) is 14.5. The molecule has 2 rings (SSSR count). The molecule has 0 aliphatic carbocycles. The van der Waals surface area contributed by atoms with Crippen LogP contribution in [-0.2, 0) is 17.8 Å². The molecule has 1 aliphatic heterocycles. The monoisotopic (exact) mass is 276 g/mol. The van der Waals surface area contributed by atoms with Gasteiger partial charge in [-0.25, -0.2) is 4.79 Å². The minimum absolute atomic E-state index is 0.0739. The van der Waals surface area contributed by atoms with Gasteiger partial charge in [-0.15, -0.1) is 0 Å². The van der Waals surface area contributed by atoms with Crippen LogP contribution in [0.2, 0.25) is 0 Å². The van der Waals surface area contributed by atoms with E-state index in [1.54, 1.807) is 17.0 Å². The number of aromatic carboxylic acids is 1. The number of carbonyl (C=O) groups is 2. The van der Waals surface area contributed by atoms with Gasteiger partial charge in [0.15, 0.2) is 0 Å². The van der Waals surface area contributed by atoms with E-state index < -0.39 is 5.97 Å². The van der Waals surface area contributed by atoms with Gasteiger partial charge in [-0.05, 0) is 36.6 Å². The van der Waals surface area contributed by atoms with Gasteiger partial charge in [0, 0.05) is 13.1 Å². The normalized spacial score (nSPS) is 13.9. The van der Waals surface area contributed by atoms with E-state index in [0.717, 1.165) is 24.1 Å². The van der Waals surface area contributed by atoms with Crippen LogP contribution in [0.5, 0.6) is 0 Å². The van der Waals surface area contributed by atoms with Crippen LogP contribution in [0.15, 0.2) is 18.2 Å². The topological polar surface area (TPSA) is 69.6 Å². The molecule has 0 bridgehead atoms. The lowest BCUT2D eigenvalue weighted by Gasteiger charge is -2.29. The standard InChI is InChI=1S/C15H20N2O3/c1-2-7-16-9-14(18)17-8-6-12-11(10-17)4-3-5-13(12)15(19)20/h3-5,16H,2,6-10H2,1H3,(H,19,20). The first kappa shape index (κ1) is 14.5. The Balaban J connectivity index is 2.06. The highest BCUT2D eigenvalue weighted by atomic mass is 16.4. The van der Waals surface area contributed by atoms with Crippen molar-refractivity contribution in [2.75, 3.05) is 19.6 Å². The molecule has 1 aromatic carbocycles. The highest BCUT2D eigenvalue weighted by Crippen LogP contribution is 2.22. The van der Waals surface area contributed by atoms with Crippen LogP contribution >= 0.6 is 0 Å². The minimum atomic E-state index is -0.897. The summed E-state index contributed by atoms with van der Waals surface area (Å²) in [6, 6.07) is 5.27. The van der Waals surface area contributed by atoms with Crippen molar-refractivity contribution in [2.45, 2.75) is 26.3 Å². The van der Waals surface area contributed by atoms with E-state index in [0.29, 0.717) is 31.6 Å². The number of carboxylic acid groups (broad SMARTS) is 1. The zero-order valence-electron chi connectivity index (χ0n) is 11.7. The number of nitrogens with zero attached hydrogens (tertiary/aromatic N) is 1. The van der Waals surface area contributed by atoms with Gasteiger partial charge >= 0.3 is 5.97 Å². The fourth-order valence-electron chi connectivity index (χ4n) is 2.51.